The molecular weight excluding hydrogens is 402 g/mol. The van der Waals surface area contributed by atoms with Gasteiger partial charge in [-0.3, -0.25) is 9.97 Å². The first-order chi connectivity index (χ1) is 15.2. The summed E-state index contributed by atoms with van der Waals surface area (Å²) >= 11 is 5.83. The van der Waals surface area contributed by atoms with Crippen LogP contribution in [0.25, 0.3) is 0 Å². The van der Waals surface area contributed by atoms with Crippen molar-refractivity contribution in [3.63, 3.8) is 0 Å². The minimum Gasteiger partial charge on any atom is -0.351 e. The molecule has 0 spiro atoms. The number of pyridine rings is 2. The van der Waals surface area contributed by atoms with Crippen molar-refractivity contribution in [1.82, 2.24) is 19.9 Å². The third kappa shape index (κ3) is 3.82. The number of hydrogen-bond donors (Lipinski definition) is 1. The molecule has 6 heteroatoms. The summed E-state index contributed by atoms with van der Waals surface area (Å²) < 4.78 is 2.25. The van der Waals surface area contributed by atoms with Crippen molar-refractivity contribution in [2.45, 2.75) is 25.6 Å². The molecule has 0 bridgehead atoms. The average molecular weight is 426 g/mol. The van der Waals surface area contributed by atoms with Crippen molar-refractivity contribution >= 4 is 23.0 Å². The Morgan fingerprint density at radius 3 is 2.52 bits per heavy atom. The predicted molar refractivity (Wildman–Crippen MR) is 127 cm³/mol. The Kier molecular flexibility index (Phi) is 5.22. The zero-order valence-electron chi connectivity index (χ0n) is 17.2. The van der Waals surface area contributed by atoms with Gasteiger partial charge in [-0.1, -0.05) is 24.3 Å². The number of nitrogens with zero attached hydrogens (tertiary/aromatic N) is 4. The lowest BCUT2D eigenvalue weighted by Gasteiger charge is -2.29. The average Bonchev–Trinajstić information content (AvgIpc) is 3.38. The highest BCUT2D eigenvalue weighted by atomic mass is 32.1. The fraction of sp³-hybridized carbons (Fsp3) is 0.160. The largest absolute Gasteiger partial charge is 0.351 e. The number of anilines is 1. The fourth-order valence-corrected chi connectivity index (χ4v) is 4.56. The monoisotopic (exact) mass is 425 g/mol. The van der Waals surface area contributed by atoms with Gasteiger partial charge in [0, 0.05) is 30.0 Å². The molecular formula is C25H23N5S. The standard InChI is InChI=1S/C25H23N5S/c1-18-8-6-10-20(16-18)30-24(23(28-25(30)31)21-11-3-5-14-27-21)22-12-7-15-29(22)17-19-9-2-4-13-26-19/h2-16,23-24H,17H2,1H3,(H,28,31)/t23-,24+/m0/s1. The Morgan fingerprint density at radius 1 is 0.935 bits per heavy atom. The molecule has 0 radical (unpaired) electrons. The molecule has 1 aliphatic rings. The highest BCUT2D eigenvalue weighted by Gasteiger charge is 2.42. The third-order valence-electron chi connectivity index (χ3n) is 5.60. The number of aryl methyl sites for hydroxylation is 1. The molecule has 1 fully saturated rings. The molecule has 0 saturated carbocycles. The second-order valence-electron chi connectivity index (χ2n) is 7.72. The van der Waals surface area contributed by atoms with Crippen LogP contribution in [0.1, 0.15) is 34.7 Å². The van der Waals surface area contributed by atoms with E-state index in [0.717, 1.165) is 22.8 Å². The Morgan fingerprint density at radius 2 is 1.77 bits per heavy atom. The Hall–Kier alpha value is -3.51. The van der Waals surface area contributed by atoms with E-state index in [0.29, 0.717) is 11.7 Å². The first-order valence-corrected chi connectivity index (χ1v) is 10.7. The van der Waals surface area contributed by atoms with Crippen molar-refractivity contribution in [2.75, 3.05) is 4.90 Å². The van der Waals surface area contributed by atoms with Crippen LogP contribution in [0.2, 0.25) is 0 Å². The van der Waals surface area contributed by atoms with Crippen molar-refractivity contribution in [1.29, 1.82) is 0 Å². The predicted octanol–water partition coefficient (Wildman–Crippen LogP) is 4.81. The second kappa shape index (κ2) is 8.32. The molecule has 0 unspecified atom stereocenters. The Bertz CT molecular complexity index is 1190. The van der Waals surface area contributed by atoms with E-state index in [9.17, 15) is 0 Å². The number of rotatable bonds is 5. The van der Waals surface area contributed by atoms with Gasteiger partial charge in [0.1, 0.15) is 6.04 Å². The summed E-state index contributed by atoms with van der Waals surface area (Å²) in [6, 6.07) is 24.6. The lowest BCUT2D eigenvalue weighted by atomic mass is 10.0. The highest BCUT2D eigenvalue weighted by molar-refractivity contribution is 7.80. The maximum atomic E-state index is 5.83. The van der Waals surface area contributed by atoms with Gasteiger partial charge in [0.25, 0.3) is 0 Å². The molecule has 0 amide bonds. The molecule has 5 rings (SSSR count). The van der Waals surface area contributed by atoms with Crippen LogP contribution in [0.15, 0.2) is 91.4 Å². The van der Waals surface area contributed by atoms with Crippen LogP contribution in [-0.4, -0.2) is 19.6 Å². The summed E-state index contributed by atoms with van der Waals surface area (Å²) in [4.78, 5) is 11.4. The zero-order valence-corrected chi connectivity index (χ0v) is 18.0. The molecule has 2 atom stereocenters. The summed E-state index contributed by atoms with van der Waals surface area (Å²) in [5, 5.41) is 4.24. The summed E-state index contributed by atoms with van der Waals surface area (Å²) in [5.41, 5.74) is 5.42. The van der Waals surface area contributed by atoms with Crippen molar-refractivity contribution in [3.8, 4) is 0 Å². The summed E-state index contributed by atoms with van der Waals surface area (Å²) in [6.07, 6.45) is 5.77. The molecule has 1 aromatic carbocycles. The Balaban J connectivity index is 1.61. The first kappa shape index (κ1) is 19.5. The van der Waals surface area contributed by atoms with E-state index < -0.39 is 0 Å². The fourth-order valence-electron chi connectivity index (χ4n) is 4.22. The maximum Gasteiger partial charge on any atom is 0.174 e. The molecule has 1 N–H and O–H groups in total. The molecule has 1 saturated heterocycles. The van der Waals surface area contributed by atoms with E-state index in [2.05, 4.69) is 86.4 Å². The number of aromatic nitrogens is 3. The van der Waals surface area contributed by atoms with E-state index in [-0.39, 0.29) is 12.1 Å². The normalized spacial score (nSPS) is 18.2. The van der Waals surface area contributed by atoms with E-state index >= 15 is 0 Å². The van der Waals surface area contributed by atoms with Crippen molar-refractivity contribution < 1.29 is 0 Å². The van der Waals surface area contributed by atoms with Crippen molar-refractivity contribution in [2.24, 2.45) is 0 Å². The van der Waals surface area contributed by atoms with Crippen LogP contribution in [0, 0.1) is 6.92 Å². The van der Waals surface area contributed by atoms with Gasteiger partial charge in [-0.2, -0.15) is 0 Å². The van der Waals surface area contributed by atoms with Crippen LogP contribution in [0.5, 0.6) is 0 Å². The number of thiocarbonyl (C=S) groups is 1. The molecule has 5 nitrogen and oxygen atoms in total. The van der Waals surface area contributed by atoms with E-state index in [1.807, 2.05) is 36.7 Å². The van der Waals surface area contributed by atoms with Gasteiger partial charge >= 0.3 is 0 Å². The van der Waals surface area contributed by atoms with Crippen molar-refractivity contribution in [3.05, 3.63) is 114 Å². The van der Waals surface area contributed by atoms with Gasteiger partial charge in [-0.05, 0) is 73.2 Å². The Labute approximate surface area is 187 Å². The van der Waals surface area contributed by atoms with Gasteiger partial charge in [0.15, 0.2) is 5.11 Å². The van der Waals surface area contributed by atoms with E-state index in [4.69, 9.17) is 12.2 Å². The minimum absolute atomic E-state index is 0.0390. The van der Waals surface area contributed by atoms with E-state index in [1.54, 1.807) is 0 Å². The van der Waals surface area contributed by atoms with E-state index in [1.165, 1.54) is 5.56 Å². The van der Waals surface area contributed by atoms with Gasteiger partial charge in [-0.25, -0.2) is 0 Å². The maximum absolute atomic E-state index is 5.83. The van der Waals surface area contributed by atoms with Crippen LogP contribution in [-0.2, 0) is 6.54 Å². The lowest BCUT2D eigenvalue weighted by molar-refractivity contribution is 0.532. The van der Waals surface area contributed by atoms with Crippen LogP contribution in [0.4, 0.5) is 5.69 Å². The lowest BCUT2D eigenvalue weighted by Crippen LogP contribution is -2.30. The minimum atomic E-state index is -0.0633. The summed E-state index contributed by atoms with van der Waals surface area (Å²) in [6.45, 7) is 2.80. The molecule has 1 aliphatic heterocycles. The molecule has 154 valence electrons. The zero-order chi connectivity index (χ0) is 21.2. The molecule has 4 heterocycles. The number of nitrogens with one attached hydrogen (secondary N) is 1. The smallest absolute Gasteiger partial charge is 0.174 e. The molecule has 31 heavy (non-hydrogen) atoms. The quantitative estimate of drug-likeness (QED) is 0.465. The van der Waals surface area contributed by atoms with Crippen LogP contribution >= 0.6 is 12.2 Å². The van der Waals surface area contributed by atoms with Gasteiger partial charge in [-0.15, -0.1) is 0 Å². The summed E-state index contributed by atoms with van der Waals surface area (Å²) in [7, 11) is 0. The highest BCUT2D eigenvalue weighted by Crippen LogP contribution is 2.41. The van der Waals surface area contributed by atoms with Gasteiger partial charge < -0.3 is 14.8 Å². The van der Waals surface area contributed by atoms with Crippen LogP contribution < -0.4 is 10.2 Å². The van der Waals surface area contributed by atoms with Crippen LogP contribution in [0.3, 0.4) is 0 Å². The number of hydrogen-bond acceptors (Lipinski definition) is 3. The second-order valence-corrected chi connectivity index (χ2v) is 8.10. The molecule has 0 aliphatic carbocycles. The van der Waals surface area contributed by atoms with Gasteiger partial charge in [0.2, 0.25) is 0 Å². The first-order valence-electron chi connectivity index (χ1n) is 10.3. The SMILES string of the molecule is Cc1cccc(N2C(=S)N[C@@H](c3ccccn3)[C@H]2c2cccn2Cc2ccccn2)c1. The summed E-state index contributed by atoms with van der Waals surface area (Å²) in [5.74, 6) is 0. The van der Waals surface area contributed by atoms with Gasteiger partial charge in [0.05, 0.1) is 24.0 Å². The number of benzene rings is 1. The molecule has 4 aromatic rings. The third-order valence-corrected chi connectivity index (χ3v) is 5.92. The topological polar surface area (TPSA) is 46.0 Å². The molecule has 3 aromatic heterocycles.